The summed E-state index contributed by atoms with van der Waals surface area (Å²) in [6.07, 6.45) is 0. The minimum Gasteiger partial charge on any atom is -0.326 e. The molecule has 14 heavy (non-hydrogen) atoms. The van der Waals surface area contributed by atoms with Gasteiger partial charge in [-0.25, -0.2) is 0 Å². The van der Waals surface area contributed by atoms with Gasteiger partial charge in [0, 0.05) is 12.6 Å². The molecule has 1 N–H and O–H groups in total. The van der Waals surface area contributed by atoms with Crippen LogP contribution in [0.15, 0.2) is 18.2 Å². The lowest BCUT2D eigenvalue weighted by molar-refractivity contribution is -0.114. The summed E-state index contributed by atoms with van der Waals surface area (Å²) in [7, 11) is 0. The topological polar surface area (TPSA) is 29.1 Å². The molecule has 0 heterocycles. The second kappa shape index (κ2) is 6.19. The number of rotatable bonds is 1. The van der Waals surface area contributed by atoms with Gasteiger partial charge in [0.05, 0.1) is 0 Å². The Balaban J connectivity index is 0.000000791. The van der Waals surface area contributed by atoms with E-state index in [1.807, 2.05) is 45.9 Å². The molecule has 1 amide bonds. The summed E-state index contributed by atoms with van der Waals surface area (Å²) in [5.41, 5.74) is 3.16. The maximum Gasteiger partial charge on any atom is 0.221 e. The van der Waals surface area contributed by atoms with Gasteiger partial charge in [-0.05, 0) is 31.0 Å². The van der Waals surface area contributed by atoms with Gasteiger partial charge in [-0.2, -0.15) is 0 Å². The average Bonchev–Trinajstić information content (AvgIpc) is 2.14. The van der Waals surface area contributed by atoms with E-state index >= 15 is 0 Å². The van der Waals surface area contributed by atoms with E-state index in [0.29, 0.717) is 0 Å². The highest BCUT2D eigenvalue weighted by molar-refractivity contribution is 5.89. The minimum atomic E-state index is -0.0244. The lowest BCUT2D eigenvalue weighted by Gasteiger charge is -2.06. The lowest BCUT2D eigenvalue weighted by Crippen LogP contribution is -2.07. The van der Waals surface area contributed by atoms with E-state index in [1.54, 1.807) is 0 Å². The third-order valence-electron chi connectivity index (χ3n) is 1.70. The van der Waals surface area contributed by atoms with Crippen molar-refractivity contribution in [2.75, 3.05) is 5.32 Å². The third kappa shape index (κ3) is 4.08. The molecule has 2 nitrogen and oxygen atoms in total. The fraction of sp³-hybridized carbons (Fsp3) is 0.417. The average molecular weight is 193 g/mol. The minimum absolute atomic E-state index is 0.0244. The van der Waals surface area contributed by atoms with Crippen molar-refractivity contribution in [1.82, 2.24) is 0 Å². The second-order valence-corrected chi connectivity index (χ2v) is 3.00. The highest BCUT2D eigenvalue weighted by Crippen LogP contribution is 2.15. The quantitative estimate of drug-likeness (QED) is 0.728. The van der Waals surface area contributed by atoms with Crippen LogP contribution in [0.2, 0.25) is 0 Å². The van der Waals surface area contributed by atoms with Gasteiger partial charge in [-0.3, -0.25) is 4.79 Å². The van der Waals surface area contributed by atoms with E-state index in [-0.39, 0.29) is 5.91 Å². The Morgan fingerprint density at radius 1 is 1.21 bits per heavy atom. The van der Waals surface area contributed by atoms with Crippen LogP contribution >= 0.6 is 0 Å². The molecule has 0 saturated carbocycles. The van der Waals surface area contributed by atoms with E-state index in [4.69, 9.17) is 0 Å². The zero-order chi connectivity index (χ0) is 11.1. The first-order valence-corrected chi connectivity index (χ1v) is 4.94. The highest BCUT2D eigenvalue weighted by atomic mass is 16.1. The van der Waals surface area contributed by atoms with Gasteiger partial charge in [0.25, 0.3) is 0 Å². The van der Waals surface area contributed by atoms with Crippen molar-refractivity contribution in [1.29, 1.82) is 0 Å². The zero-order valence-electron chi connectivity index (χ0n) is 9.64. The lowest BCUT2D eigenvalue weighted by atomic mass is 10.1. The number of anilines is 1. The maximum absolute atomic E-state index is 10.8. The van der Waals surface area contributed by atoms with Crippen molar-refractivity contribution in [2.45, 2.75) is 34.6 Å². The van der Waals surface area contributed by atoms with Crippen LogP contribution in [0.1, 0.15) is 31.9 Å². The number of amides is 1. The van der Waals surface area contributed by atoms with Crippen LogP contribution < -0.4 is 5.32 Å². The predicted octanol–water partition coefficient (Wildman–Crippen LogP) is 3.29. The molecule has 0 atom stereocenters. The van der Waals surface area contributed by atoms with Crippen molar-refractivity contribution in [3.8, 4) is 0 Å². The van der Waals surface area contributed by atoms with Gasteiger partial charge >= 0.3 is 0 Å². The van der Waals surface area contributed by atoms with E-state index in [2.05, 4.69) is 5.32 Å². The number of benzene rings is 1. The predicted molar refractivity (Wildman–Crippen MR) is 61.6 cm³/mol. The number of nitrogens with one attached hydrogen (secondary N) is 1. The molecule has 1 aromatic rings. The summed E-state index contributed by atoms with van der Waals surface area (Å²) in [6.45, 7) is 9.50. The maximum atomic E-state index is 10.8. The van der Waals surface area contributed by atoms with Crippen LogP contribution in [-0.2, 0) is 4.79 Å². The molecule has 78 valence electrons. The Kier molecular flexibility index (Phi) is 5.61. The SMILES string of the molecule is CC.CC(=O)Nc1cc(C)ccc1C. The van der Waals surface area contributed by atoms with Crippen molar-refractivity contribution in [3.05, 3.63) is 29.3 Å². The van der Waals surface area contributed by atoms with Gasteiger partial charge in [0.1, 0.15) is 0 Å². The Bertz CT molecular complexity index is 305. The number of aryl methyl sites for hydroxylation is 2. The molecule has 1 rings (SSSR count). The van der Waals surface area contributed by atoms with Gasteiger partial charge in [-0.1, -0.05) is 26.0 Å². The van der Waals surface area contributed by atoms with E-state index in [0.717, 1.165) is 16.8 Å². The van der Waals surface area contributed by atoms with Crippen LogP contribution in [0.5, 0.6) is 0 Å². The van der Waals surface area contributed by atoms with Crippen molar-refractivity contribution in [2.24, 2.45) is 0 Å². The van der Waals surface area contributed by atoms with Crippen LogP contribution in [-0.4, -0.2) is 5.91 Å². The largest absolute Gasteiger partial charge is 0.326 e. The third-order valence-corrected chi connectivity index (χ3v) is 1.70. The van der Waals surface area contributed by atoms with Crippen molar-refractivity contribution >= 4 is 11.6 Å². The Morgan fingerprint density at radius 3 is 2.29 bits per heavy atom. The van der Waals surface area contributed by atoms with Gasteiger partial charge < -0.3 is 5.32 Å². The van der Waals surface area contributed by atoms with Gasteiger partial charge in [-0.15, -0.1) is 0 Å². The summed E-state index contributed by atoms with van der Waals surface area (Å²) in [5, 5.41) is 2.77. The number of hydrogen-bond donors (Lipinski definition) is 1. The molecular weight excluding hydrogens is 174 g/mol. The monoisotopic (exact) mass is 193 g/mol. The summed E-state index contributed by atoms with van der Waals surface area (Å²) in [4.78, 5) is 10.8. The Labute approximate surface area is 86.3 Å². The summed E-state index contributed by atoms with van der Waals surface area (Å²) >= 11 is 0. The molecule has 0 unspecified atom stereocenters. The molecule has 0 aliphatic rings. The molecule has 0 aliphatic carbocycles. The molecule has 1 aromatic carbocycles. The first kappa shape index (κ1) is 12.7. The molecule has 0 aromatic heterocycles. The zero-order valence-corrected chi connectivity index (χ0v) is 9.64. The molecule has 0 saturated heterocycles. The summed E-state index contributed by atoms with van der Waals surface area (Å²) < 4.78 is 0. The van der Waals surface area contributed by atoms with Crippen molar-refractivity contribution < 1.29 is 4.79 Å². The standard InChI is InChI=1S/C10H13NO.C2H6/c1-7-4-5-8(2)10(6-7)11-9(3)12;1-2/h4-6H,1-3H3,(H,11,12);1-2H3. The van der Waals surface area contributed by atoms with Gasteiger partial charge in [0.15, 0.2) is 0 Å². The van der Waals surface area contributed by atoms with E-state index < -0.39 is 0 Å². The number of carbonyl (C=O) groups excluding carboxylic acids is 1. The summed E-state index contributed by atoms with van der Waals surface area (Å²) in [5.74, 6) is -0.0244. The van der Waals surface area contributed by atoms with Crippen LogP contribution in [0.4, 0.5) is 5.69 Å². The normalized spacial score (nSPS) is 8.64. The molecule has 0 radical (unpaired) electrons. The van der Waals surface area contributed by atoms with Crippen LogP contribution in [0.3, 0.4) is 0 Å². The molecule has 0 fully saturated rings. The smallest absolute Gasteiger partial charge is 0.221 e. The number of hydrogen-bond acceptors (Lipinski definition) is 1. The summed E-state index contributed by atoms with van der Waals surface area (Å²) in [6, 6.07) is 6.00. The van der Waals surface area contributed by atoms with E-state index in [9.17, 15) is 4.79 Å². The highest BCUT2D eigenvalue weighted by Gasteiger charge is 1.98. The Hall–Kier alpha value is -1.31. The molecule has 0 aliphatic heterocycles. The molecule has 0 spiro atoms. The van der Waals surface area contributed by atoms with E-state index in [1.165, 1.54) is 6.92 Å². The fourth-order valence-electron chi connectivity index (χ4n) is 1.06. The van der Waals surface area contributed by atoms with Crippen molar-refractivity contribution in [3.63, 3.8) is 0 Å². The first-order valence-electron chi connectivity index (χ1n) is 4.94. The van der Waals surface area contributed by atoms with Crippen LogP contribution in [0.25, 0.3) is 0 Å². The molecule has 0 bridgehead atoms. The first-order chi connectivity index (χ1) is 6.59. The van der Waals surface area contributed by atoms with Crippen LogP contribution in [0, 0.1) is 13.8 Å². The second-order valence-electron chi connectivity index (χ2n) is 3.00. The van der Waals surface area contributed by atoms with Gasteiger partial charge in [0.2, 0.25) is 5.91 Å². The molecule has 2 heteroatoms. The number of carbonyl (C=O) groups is 1. The Morgan fingerprint density at radius 2 is 1.79 bits per heavy atom. The fourth-order valence-corrected chi connectivity index (χ4v) is 1.06. The molecular formula is C12H19NO.